The molecule has 0 saturated carbocycles. The zero-order valence-electron chi connectivity index (χ0n) is 18.7. The normalized spacial score (nSPS) is 13.6. The first-order chi connectivity index (χ1) is 17.2. The Labute approximate surface area is 203 Å². The molecule has 0 unspecified atom stereocenters. The van der Waals surface area contributed by atoms with Gasteiger partial charge in [0.1, 0.15) is 5.82 Å². The smallest absolute Gasteiger partial charge is 0.326 e. The van der Waals surface area contributed by atoms with Gasteiger partial charge in [-0.25, -0.2) is 4.39 Å². The lowest BCUT2D eigenvalue weighted by Gasteiger charge is -2.17. The third kappa shape index (κ3) is 4.72. The molecule has 0 atom stereocenters. The minimum absolute atomic E-state index is 0.0848. The van der Waals surface area contributed by atoms with Crippen LogP contribution in [0, 0.1) is 5.82 Å². The fourth-order valence-electron chi connectivity index (χ4n) is 4.21. The molecule has 0 spiro atoms. The standard InChI is InChI=1S/C27H19F4N3O2/c28-19-5-10-24-17(13-19)14-22(34(24)21-7-3-18(4-8-21)27(29,30)31)9-12-25(35)32-20-6-1-16-2-11-26(36)33-23(16)15-20/h1,3-10,12-15H,2,11H2,(H,32,35)(H,33,36)/b12-9+. The van der Waals surface area contributed by atoms with Crippen LogP contribution in [0.1, 0.15) is 23.2 Å². The van der Waals surface area contributed by atoms with Gasteiger partial charge >= 0.3 is 6.18 Å². The quantitative estimate of drug-likeness (QED) is 0.258. The topological polar surface area (TPSA) is 63.1 Å². The summed E-state index contributed by atoms with van der Waals surface area (Å²) in [5, 5.41) is 6.04. The Morgan fingerprint density at radius 1 is 0.972 bits per heavy atom. The molecule has 2 amide bonds. The first-order valence-corrected chi connectivity index (χ1v) is 11.1. The van der Waals surface area contributed by atoms with Gasteiger partial charge in [0, 0.05) is 40.6 Å². The molecule has 0 saturated heterocycles. The van der Waals surface area contributed by atoms with Gasteiger partial charge in [-0.3, -0.25) is 9.59 Å². The summed E-state index contributed by atoms with van der Waals surface area (Å²) in [5.74, 6) is -0.995. The van der Waals surface area contributed by atoms with E-state index in [4.69, 9.17) is 0 Å². The Morgan fingerprint density at radius 3 is 2.50 bits per heavy atom. The maximum Gasteiger partial charge on any atom is 0.416 e. The van der Waals surface area contributed by atoms with Gasteiger partial charge in [0.25, 0.3) is 0 Å². The summed E-state index contributed by atoms with van der Waals surface area (Å²) in [6, 6.07) is 15.6. The molecular weight excluding hydrogens is 474 g/mol. The maximum absolute atomic E-state index is 13.8. The zero-order chi connectivity index (χ0) is 25.4. The number of carbonyl (C=O) groups is 2. The molecule has 0 bridgehead atoms. The molecule has 2 heterocycles. The van der Waals surface area contributed by atoms with Crippen LogP contribution < -0.4 is 10.6 Å². The average Bonchev–Trinajstić information content (AvgIpc) is 3.19. The molecule has 0 aliphatic carbocycles. The molecule has 0 radical (unpaired) electrons. The van der Waals surface area contributed by atoms with Gasteiger partial charge in [0.2, 0.25) is 11.8 Å². The summed E-state index contributed by atoms with van der Waals surface area (Å²) >= 11 is 0. The van der Waals surface area contributed by atoms with E-state index in [1.165, 1.54) is 42.5 Å². The number of hydrogen-bond donors (Lipinski definition) is 2. The number of nitrogens with zero attached hydrogens (tertiary/aromatic N) is 1. The van der Waals surface area contributed by atoms with E-state index in [0.29, 0.717) is 46.5 Å². The van der Waals surface area contributed by atoms with Crippen molar-refractivity contribution in [1.82, 2.24) is 4.57 Å². The van der Waals surface area contributed by atoms with Crippen LogP contribution in [-0.4, -0.2) is 16.4 Å². The first-order valence-electron chi connectivity index (χ1n) is 11.1. The van der Waals surface area contributed by atoms with E-state index in [9.17, 15) is 27.2 Å². The first kappa shape index (κ1) is 23.3. The minimum atomic E-state index is -4.47. The average molecular weight is 493 g/mol. The van der Waals surface area contributed by atoms with Crippen LogP contribution in [0.5, 0.6) is 0 Å². The highest BCUT2D eigenvalue weighted by Crippen LogP contribution is 2.32. The van der Waals surface area contributed by atoms with Crippen LogP contribution in [0.2, 0.25) is 0 Å². The van der Waals surface area contributed by atoms with Crippen LogP contribution in [0.25, 0.3) is 22.7 Å². The number of fused-ring (bicyclic) bond motifs is 2. The molecule has 0 fully saturated rings. The molecule has 9 heteroatoms. The van der Waals surface area contributed by atoms with Crippen LogP contribution in [-0.2, 0) is 22.2 Å². The van der Waals surface area contributed by atoms with E-state index >= 15 is 0 Å². The molecule has 5 rings (SSSR count). The molecule has 1 aromatic heterocycles. The predicted octanol–water partition coefficient (Wildman–Crippen LogP) is 6.33. The number of amides is 2. The Morgan fingerprint density at radius 2 is 1.75 bits per heavy atom. The molecule has 4 aromatic rings. The van der Waals surface area contributed by atoms with Gasteiger partial charge < -0.3 is 15.2 Å². The number of benzene rings is 3. The summed E-state index contributed by atoms with van der Waals surface area (Å²) in [5.41, 5.74) is 2.82. The molecular formula is C27H19F4N3O2. The van der Waals surface area contributed by atoms with Crippen molar-refractivity contribution in [2.45, 2.75) is 19.0 Å². The maximum atomic E-state index is 13.8. The van der Waals surface area contributed by atoms with E-state index < -0.39 is 23.5 Å². The van der Waals surface area contributed by atoms with Gasteiger partial charge in [0.05, 0.1) is 11.1 Å². The van der Waals surface area contributed by atoms with Crippen LogP contribution in [0.4, 0.5) is 28.9 Å². The summed E-state index contributed by atoms with van der Waals surface area (Å²) < 4.78 is 54.5. The molecule has 182 valence electrons. The molecule has 5 nitrogen and oxygen atoms in total. The number of alkyl halides is 3. The van der Waals surface area contributed by atoms with Crippen LogP contribution >= 0.6 is 0 Å². The lowest BCUT2D eigenvalue weighted by Crippen LogP contribution is -2.19. The van der Waals surface area contributed by atoms with Gasteiger partial charge in [0.15, 0.2) is 0 Å². The van der Waals surface area contributed by atoms with Crippen molar-refractivity contribution in [3.63, 3.8) is 0 Å². The highest BCUT2D eigenvalue weighted by molar-refractivity contribution is 6.03. The largest absolute Gasteiger partial charge is 0.416 e. The Balaban J connectivity index is 1.44. The molecule has 2 N–H and O–H groups in total. The number of aromatic nitrogens is 1. The number of hydrogen-bond acceptors (Lipinski definition) is 2. The van der Waals surface area contributed by atoms with Crippen molar-refractivity contribution in [2.75, 3.05) is 10.6 Å². The Kier molecular flexibility index (Phi) is 5.83. The monoisotopic (exact) mass is 493 g/mol. The second-order valence-corrected chi connectivity index (χ2v) is 8.40. The summed E-state index contributed by atoms with van der Waals surface area (Å²) in [7, 11) is 0. The van der Waals surface area contributed by atoms with E-state index in [1.807, 2.05) is 6.07 Å². The SMILES string of the molecule is O=C(/C=C/c1cc2cc(F)ccc2n1-c1ccc(C(F)(F)F)cc1)Nc1ccc2c(c1)NC(=O)CC2. The number of rotatable bonds is 4. The number of carbonyl (C=O) groups excluding carboxylic acids is 2. The van der Waals surface area contributed by atoms with Crippen molar-refractivity contribution < 1.29 is 27.2 Å². The second-order valence-electron chi connectivity index (χ2n) is 8.40. The van der Waals surface area contributed by atoms with Crippen molar-refractivity contribution >= 4 is 40.2 Å². The van der Waals surface area contributed by atoms with Crippen molar-refractivity contribution in [2.24, 2.45) is 0 Å². The zero-order valence-corrected chi connectivity index (χ0v) is 18.7. The van der Waals surface area contributed by atoms with Crippen LogP contribution in [0.15, 0.2) is 72.8 Å². The highest BCUT2D eigenvalue weighted by Gasteiger charge is 2.30. The molecule has 36 heavy (non-hydrogen) atoms. The highest BCUT2D eigenvalue weighted by atomic mass is 19.4. The van der Waals surface area contributed by atoms with Gasteiger partial charge in [-0.15, -0.1) is 0 Å². The number of nitrogens with one attached hydrogen (secondary N) is 2. The predicted molar refractivity (Wildman–Crippen MR) is 129 cm³/mol. The van der Waals surface area contributed by atoms with E-state index in [2.05, 4.69) is 10.6 Å². The van der Waals surface area contributed by atoms with Crippen molar-refractivity contribution in [3.8, 4) is 5.69 Å². The Bertz CT molecular complexity index is 1520. The number of anilines is 2. The molecule has 1 aliphatic heterocycles. The fraction of sp³-hybridized carbons (Fsp3) is 0.111. The molecule has 1 aliphatic rings. The van der Waals surface area contributed by atoms with E-state index in [1.54, 1.807) is 22.8 Å². The van der Waals surface area contributed by atoms with Gasteiger partial charge in [-0.2, -0.15) is 13.2 Å². The van der Waals surface area contributed by atoms with E-state index in [-0.39, 0.29) is 5.91 Å². The summed E-state index contributed by atoms with van der Waals surface area (Å²) in [6.45, 7) is 0. The summed E-state index contributed by atoms with van der Waals surface area (Å²) in [4.78, 5) is 24.2. The Hall–Kier alpha value is -4.40. The third-order valence-electron chi connectivity index (χ3n) is 5.92. The minimum Gasteiger partial charge on any atom is -0.326 e. The third-order valence-corrected chi connectivity index (χ3v) is 5.92. The lowest BCUT2D eigenvalue weighted by molar-refractivity contribution is -0.137. The van der Waals surface area contributed by atoms with Crippen molar-refractivity contribution in [1.29, 1.82) is 0 Å². The lowest BCUT2D eigenvalue weighted by atomic mass is 10.0. The van der Waals surface area contributed by atoms with Gasteiger partial charge in [-0.05, 0) is 78.7 Å². The number of aryl methyl sites for hydroxylation is 1. The molecule has 3 aromatic carbocycles. The van der Waals surface area contributed by atoms with Gasteiger partial charge in [-0.1, -0.05) is 6.07 Å². The fourth-order valence-corrected chi connectivity index (χ4v) is 4.21. The van der Waals surface area contributed by atoms with Crippen molar-refractivity contribution in [3.05, 3.63) is 95.4 Å². The summed E-state index contributed by atoms with van der Waals surface area (Å²) in [6.07, 6.45) is -0.641. The second kappa shape index (κ2) is 8.99. The number of halogens is 4. The van der Waals surface area contributed by atoms with Crippen LogP contribution in [0.3, 0.4) is 0 Å². The van der Waals surface area contributed by atoms with E-state index in [0.717, 1.165) is 17.7 Å².